The summed E-state index contributed by atoms with van der Waals surface area (Å²) in [4.78, 5) is 36.1. The molecule has 1 unspecified atom stereocenters. The Hall–Kier alpha value is -3.32. The van der Waals surface area contributed by atoms with E-state index in [2.05, 4.69) is 29.7 Å². The Bertz CT molecular complexity index is 1130. The average molecular weight is 490 g/mol. The highest BCUT2D eigenvalue weighted by Gasteiger charge is 2.42. The van der Waals surface area contributed by atoms with E-state index in [9.17, 15) is 9.59 Å². The van der Waals surface area contributed by atoms with Gasteiger partial charge >= 0.3 is 0 Å². The number of nitrogens with one attached hydrogen (secondary N) is 1. The maximum absolute atomic E-state index is 13.5. The number of piperidine rings is 1. The number of carbonyl (C=O) groups excluding carboxylic acids is 2. The van der Waals surface area contributed by atoms with Crippen molar-refractivity contribution in [3.8, 4) is 5.75 Å². The minimum Gasteiger partial charge on any atom is -0.496 e. The maximum Gasteiger partial charge on any atom is 0.261 e. The molecule has 2 aromatic rings. The Kier molecular flexibility index (Phi) is 7.01. The highest BCUT2D eigenvalue weighted by atomic mass is 16.7. The Morgan fingerprint density at radius 2 is 1.75 bits per heavy atom. The lowest BCUT2D eigenvalue weighted by Crippen LogP contribution is -2.46. The van der Waals surface area contributed by atoms with E-state index in [0.717, 1.165) is 63.8 Å². The van der Waals surface area contributed by atoms with Gasteiger partial charge in [-0.2, -0.15) is 0 Å². The number of ether oxygens (including phenoxy) is 1. The summed E-state index contributed by atoms with van der Waals surface area (Å²) in [5, 5.41) is 0. The largest absolute Gasteiger partial charge is 0.496 e. The van der Waals surface area contributed by atoms with E-state index in [1.54, 1.807) is 14.0 Å². The molecule has 7 nitrogen and oxygen atoms in total. The second kappa shape index (κ2) is 10.3. The zero-order valence-corrected chi connectivity index (χ0v) is 21.2. The molecule has 0 spiro atoms. The maximum atomic E-state index is 13.5. The van der Waals surface area contributed by atoms with Crippen LogP contribution in [0.5, 0.6) is 5.75 Å². The van der Waals surface area contributed by atoms with Crippen LogP contribution in [-0.4, -0.2) is 60.5 Å². The van der Waals surface area contributed by atoms with Gasteiger partial charge in [0, 0.05) is 31.7 Å². The van der Waals surface area contributed by atoms with Crippen molar-refractivity contribution in [2.24, 2.45) is 5.92 Å². The smallest absolute Gasteiger partial charge is 0.261 e. The van der Waals surface area contributed by atoms with E-state index in [-0.39, 0.29) is 11.8 Å². The van der Waals surface area contributed by atoms with Gasteiger partial charge in [-0.3, -0.25) is 19.9 Å². The molecule has 0 aliphatic carbocycles. The molecule has 3 aliphatic rings. The lowest BCUT2D eigenvalue weighted by atomic mass is 9.90. The van der Waals surface area contributed by atoms with Crippen molar-refractivity contribution >= 4 is 17.5 Å². The van der Waals surface area contributed by atoms with E-state index < -0.39 is 5.60 Å². The van der Waals surface area contributed by atoms with Crippen LogP contribution in [0.15, 0.2) is 54.6 Å². The standard InChI is InChI=1S/C29H35N3O4/c1-29(28(34)32-14-6-7-15-32)20-25(30-36-29)23-10-11-26(35-2)24(19-23)27(33)31-16-12-22(13-17-31)18-21-8-4-3-5-9-21/h3-5,8-11,19-20,22,30H,6-7,12-18H2,1-2H3. The van der Waals surface area contributed by atoms with Crippen LogP contribution in [-0.2, 0) is 16.1 Å². The minimum atomic E-state index is -1.07. The van der Waals surface area contributed by atoms with E-state index in [4.69, 9.17) is 9.57 Å². The summed E-state index contributed by atoms with van der Waals surface area (Å²) in [6.07, 6.45) is 6.90. The van der Waals surface area contributed by atoms with Crippen molar-refractivity contribution in [1.82, 2.24) is 15.3 Å². The van der Waals surface area contributed by atoms with E-state index in [0.29, 0.717) is 22.9 Å². The minimum absolute atomic E-state index is 0.0257. The van der Waals surface area contributed by atoms with Crippen molar-refractivity contribution in [3.63, 3.8) is 0 Å². The number of benzene rings is 2. The quantitative estimate of drug-likeness (QED) is 0.663. The molecule has 2 saturated heterocycles. The van der Waals surface area contributed by atoms with E-state index in [1.807, 2.05) is 40.1 Å². The molecule has 0 radical (unpaired) electrons. The van der Waals surface area contributed by atoms with Gasteiger partial charge in [0.1, 0.15) is 5.75 Å². The fourth-order valence-corrected chi connectivity index (χ4v) is 5.48. The third-order valence-electron chi connectivity index (χ3n) is 7.62. The highest BCUT2D eigenvalue weighted by Crippen LogP contribution is 2.32. The summed E-state index contributed by atoms with van der Waals surface area (Å²) < 4.78 is 5.54. The number of nitrogens with zero attached hydrogens (tertiary/aromatic N) is 2. The number of hydrogen-bond acceptors (Lipinski definition) is 5. The number of hydrogen-bond donors (Lipinski definition) is 1. The molecule has 2 aromatic carbocycles. The summed E-state index contributed by atoms with van der Waals surface area (Å²) in [7, 11) is 1.58. The van der Waals surface area contributed by atoms with Crippen molar-refractivity contribution in [3.05, 3.63) is 71.3 Å². The summed E-state index contributed by atoms with van der Waals surface area (Å²) in [6.45, 7) is 4.78. The van der Waals surface area contributed by atoms with E-state index in [1.165, 1.54) is 5.56 Å². The number of methoxy groups -OCH3 is 1. The van der Waals surface area contributed by atoms with Gasteiger partial charge in [0.2, 0.25) is 0 Å². The SMILES string of the molecule is COc1ccc(C2=CC(C)(C(=O)N3CCCC3)ON2)cc1C(=O)N1CCC(Cc2ccccc2)CC1. The van der Waals surface area contributed by atoms with Gasteiger partial charge in [0.05, 0.1) is 18.4 Å². The van der Waals surface area contributed by atoms with Crippen LogP contribution in [0, 0.1) is 5.92 Å². The first-order valence-corrected chi connectivity index (χ1v) is 12.9. The van der Waals surface area contributed by atoms with Crippen LogP contribution in [0.25, 0.3) is 5.70 Å². The molecule has 7 heteroatoms. The predicted molar refractivity (Wildman–Crippen MR) is 138 cm³/mol. The summed E-state index contributed by atoms with van der Waals surface area (Å²) >= 11 is 0. The predicted octanol–water partition coefficient (Wildman–Crippen LogP) is 4.05. The molecule has 3 aliphatic heterocycles. The zero-order valence-electron chi connectivity index (χ0n) is 21.2. The molecule has 5 rings (SSSR count). The molecule has 0 saturated carbocycles. The Morgan fingerprint density at radius 1 is 1.03 bits per heavy atom. The summed E-state index contributed by atoms with van der Waals surface area (Å²) in [6, 6.07) is 16.1. The molecule has 1 atom stereocenters. The van der Waals surface area contributed by atoms with Gasteiger partial charge < -0.3 is 14.5 Å². The Morgan fingerprint density at radius 3 is 2.44 bits per heavy atom. The van der Waals surface area contributed by atoms with Crippen LogP contribution < -0.4 is 10.2 Å². The molecular weight excluding hydrogens is 454 g/mol. The third-order valence-corrected chi connectivity index (χ3v) is 7.62. The summed E-state index contributed by atoms with van der Waals surface area (Å²) in [5.41, 5.74) is 5.21. The van der Waals surface area contributed by atoms with Gasteiger partial charge in [-0.15, -0.1) is 0 Å². The molecule has 0 aromatic heterocycles. The lowest BCUT2D eigenvalue weighted by molar-refractivity contribution is -0.151. The van der Waals surface area contributed by atoms with Gasteiger partial charge in [0.25, 0.3) is 11.8 Å². The molecule has 2 amide bonds. The van der Waals surface area contributed by atoms with Gasteiger partial charge in [-0.25, -0.2) is 0 Å². The Balaban J connectivity index is 1.29. The second-order valence-electron chi connectivity index (χ2n) is 10.2. The topological polar surface area (TPSA) is 71.1 Å². The number of likely N-dealkylation sites (tertiary alicyclic amines) is 2. The third kappa shape index (κ3) is 4.98. The first-order chi connectivity index (χ1) is 17.5. The molecular formula is C29H35N3O4. The van der Waals surface area contributed by atoms with Crippen LogP contribution in [0.4, 0.5) is 0 Å². The molecule has 3 heterocycles. The molecule has 0 bridgehead atoms. The lowest BCUT2D eigenvalue weighted by Gasteiger charge is -2.32. The fraction of sp³-hybridized carbons (Fsp3) is 0.448. The highest BCUT2D eigenvalue weighted by molar-refractivity contribution is 5.98. The zero-order chi connectivity index (χ0) is 25.1. The molecule has 2 fully saturated rings. The van der Waals surface area contributed by atoms with Crippen LogP contribution in [0.3, 0.4) is 0 Å². The normalized spacial score (nSPS) is 22.3. The molecule has 190 valence electrons. The average Bonchev–Trinajstić information content (AvgIpc) is 3.60. The van der Waals surface area contributed by atoms with Crippen molar-refractivity contribution in [2.75, 3.05) is 33.3 Å². The van der Waals surface area contributed by atoms with Crippen LogP contribution >= 0.6 is 0 Å². The Labute approximate surface area is 213 Å². The summed E-state index contributed by atoms with van der Waals surface area (Å²) in [5.74, 6) is 1.07. The van der Waals surface area contributed by atoms with Gasteiger partial charge in [-0.05, 0) is 74.8 Å². The first kappa shape index (κ1) is 24.4. The van der Waals surface area contributed by atoms with Gasteiger partial charge in [0.15, 0.2) is 5.60 Å². The van der Waals surface area contributed by atoms with Crippen molar-refractivity contribution in [2.45, 2.75) is 44.6 Å². The number of rotatable bonds is 6. The van der Waals surface area contributed by atoms with Crippen molar-refractivity contribution in [1.29, 1.82) is 0 Å². The monoisotopic (exact) mass is 489 g/mol. The van der Waals surface area contributed by atoms with Crippen LogP contribution in [0.2, 0.25) is 0 Å². The number of amides is 2. The van der Waals surface area contributed by atoms with Gasteiger partial charge in [-0.1, -0.05) is 30.3 Å². The fourth-order valence-electron chi connectivity index (χ4n) is 5.48. The molecule has 36 heavy (non-hydrogen) atoms. The van der Waals surface area contributed by atoms with E-state index >= 15 is 0 Å². The number of hydroxylamine groups is 1. The first-order valence-electron chi connectivity index (χ1n) is 12.9. The number of carbonyl (C=O) groups is 2. The second-order valence-corrected chi connectivity index (χ2v) is 10.2. The van der Waals surface area contributed by atoms with Crippen molar-refractivity contribution < 1.29 is 19.2 Å². The molecule has 1 N–H and O–H groups in total. The van der Waals surface area contributed by atoms with Crippen LogP contribution in [0.1, 0.15) is 54.1 Å².